The van der Waals surface area contributed by atoms with Crippen molar-refractivity contribution in [2.75, 3.05) is 11.9 Å². The lowest BCUT2D eigenvalue weighted by molar-refractivity contribution is -0.385. The lowest BCUT2D eigenvalue weighted by atomic mass is 9.99. The summed E-state index contributed by atoms with van der Waals surface area (Å²) in [6.07, 6.45) is 0.520. The molecule has 24 heavy (non-hydrogen) atoms. The van der Waals surface area contributed by atoms with Gasteiger partial charge >= 0.3 is 5.69 Å². The fourth-order valence-electron chi connectivity index (χ4n) is 2.62. The zero-order chi connectivity index (χ0) is 16.6. The number of nitro groups is 1. The maximum absolute atomic E-state index is 14.5. The van der Waals surface area contributed by atoms with Gasteiger partial charge in [0.25, 0.3) is 5.91 Å². The predicted octanol–water partition coefficient (Wildman–Crippen LogP) is 2.09. The van der Waals surface area contributed by atoms with Crippen LogP contribution in [-0.2, 0) is 13.0 Å². The highest BCUT2D eigenvalue weighted by Crippen LogP contribution is 2.26. The first-order valence-corrected chi connectivity index (χ1v) is 7.00. The minimum Gasteiger partial charge on any atom is -0.318 e. The second kappa shape index (κ2) is 6.93. The molecule has 3 rings (SSSR count). The number of fused-ring (bicyclic) bond motifs is 1. The molecule has 2 heterocycles. The van der Waals surface area contributed by atoms with Crippen molar-refractivity contribution in [1.82, 2.24) is 15.5 Å². The van der Waals surface area contributed by atoms with Crippen LogP contribution < -0.4 is 10.6 Å². The molecule has 0 atom stereocenters. The fourth-order valence-corrected chi connectivity index (χ4v) is 2.62. The molecule has 2 aromatic rings. The third-order valence-electron chi connectivity index (χ3n) is 3.77. The van der Waals surface area contributed by atoms with Crippen LogP contribution in [-0.4, -0.2) is 27.6 Å². The third-order valence-corrected chi connectivity index (χ3v) is 3.77. The summed E-state index contributed by atoms with van der Waals surface area (Å²) in [5.41, 5.74) is 0.765. The number of aromatic amines is 1. The first-order chi connectivity index (χ1) is 11.0. The molecule has 3 N–H and O–H groups in total. The van der Waals surface area contributed by atoms with E-state index >= 15 is 0 Å². The maximum atomic E-state index is 14.5. The van der Waals surface area contributed by atoms with Crippen molar-refractivity contribution in [3.63, 3.8) is 0 Å². The summed E-state index contributed by atoms with van der Waals surface area (Å²) < 4.78 is 14.5. The summed E-state index contributed by atoms with van der Waals surface area (Å²) in [7, 11) is 0. The molecule has 0 aliphatic carbocycles. The van der Waals surface area contributed by atoms with E-state index in [1.54, 1.807) is 6.07 Å². The molecule has 0 saturated heterocycles. The van der Waals surface area contributed by atoms with E-state index in [-0.39, 0.29) is 29.5 Å². The second-order valence-electron chi connectivity index (χ2n) is 5.25. The van der Waals surface area contributed by atoms with E-state index in [1.165, 1.54) is 13.0 Å². The van der Waals surface area contributed by atoms with E-state index in [9.17, 15) is 19.3 Å². The number of anilines is 1. The number of nitrogens with zero attached hydrogens (tertiary/aromatic N) is 2. The summed E-state index contributed by atoms with van der Waals surface area (Å²) in [4.78, 5) is 22.5. The minimum absolute atomic E-state index is 0. The van der Waals surface area contributed by atoms with Gasteiger partial charge in [-0.15, -0.1) is 12.4 Å². The van der Waals surface area contributed by atoms with Crippen molar-refractivity contribution in [2.45, 2.75) is 19.9 Å². The Kier molecular flexibility index (Phi) is 5.15. The third kappa shape index (κ3) is 3.08. The number of halogens is 2. The van der Waals surface area contributed by atoms with Gasteiger partial charge in [0.15, 0.2) is 0 Å². The highest BCUT2D eigenvalue weighted by atomic mass is 35.5. The molecule has 0 saturated carbocycles. The molecule has 1 aliphatic rings. The quantitative estimate of drug-likeness (QED) is 0.576. The van der Waals surface area contributed by atoms with Crippen LogP contribution >= 0.6 is 12.4 Å². The van der Waals surface area contributed by atoms with Crippen molar-refractivity contribution in [1.29, 1.82) is 0 Å². The molecule has 1 amide bonds. The molecular formula is C14H15ClFN5O3. The summed E-state index contributed by atoms with van der Waals surface area (Å²) >= 11 is 0. The zero-order valence-corrected chi connectivity index (χ0v) is 13.5. The van der Waals surface area contributed by atoms with Gasteiger partial charge in [-0.2, -0.15) is 5.10 Å². The fraction of sp³-hybridized carbons (Fsp3) is 0.286. The highest BCUT2D eigenvalue weighted by Gasteiger charge is 2.28. The average molecular weight is 356 g/mol. The Balaban J connectivity index is 0.00000208. The van der Waals surface area contributed by atoms with Gasteiger partial charge < -0.3 is 10.6 Å². The topological polar surface area (TPSA) is 113 Å². The standard InChI is InChI=1S/C14H14FN5O3.ClH/c1-7-13(20(22)23)12(19-18-7)14(21)17-10-3-2-8-6-16-5-4-9(8)11(10)15;/h2-3,16H,4-6H2,1H3,(H,17,21)(H,18,19);1H. The molecular weight excluding hydrogens is 341 g/mol. The SMILES string of the molecule is Cc1[nH]nc(C(=O)Nc2ccc3c(c2F)CCNC3)c1[N+](=O)[O-].Cl. The number of carbonyl (C=O) groups excluding carboxylic acids is 1. The highest BCUT2D eigenvalue weighted by molar-refractivity contribution is 6.05. The Morgan fingerprint density at radius 1 is 1.46 bits per heavy atom. The molecule has 128 valence electrons. The number of H-pyrrole nitrogens is 1. The van der Waals surface area contributed by atoms with Crippen LogP contribution in [0.15, 0.2) is 12.1 Å². The molecule has 0 radical (unpaired) electrons. The van der Waals surface area contributed by atoms with Crippen LogP contribution in [0.3, 0.4) is 0 Å². The molecule has 1 aliphatic heterocycles. The molecule has 10 heteroatoms. The first kappa shape index (κ1) is 17.8. The maximum Gasteiger partial charge on any atom is 0.322 e. The zero-order valence-electron chi connectivity index (χ0n) is 12.7. The molecule has 1 aromatic carbocycles. The number of aromatic nitrogens is 2. The Labute approximate surface area is 142 Å². The summed E-state index contributed by atoms with van der Waals surface area (Å²) in [6.45, 7) is 2.67. The van der Waals surface area contributed by atoms with E-state index in [4.69, 9.17) is 0 Å². The number of rotatable bonds is 3. The second-order valence-corrected chi connectivity index (χ2v) is 5.25. The molecule has 1 aromatic heterocycles. The monoisotopic (exact) mass is 355 g/mol. The van der Waals surface area contributed by atoms with Gasteiger partial charge in [0.1, 0.15) is 11.5 Å². The number of hydrogen-bond donors (Lipinski definition) is 3. The van der Waals surface area contributed by atoms with Gasteiger partial charge in [0.2, 0.25) is 5.69 Å². The van der Waals surface area contributed by atoms with Gasteiger partial charge in [0, 0.05) is 6.54 Å². The number of aryl methyl sites for hydroxylation is 1. The van der Waals surface area contributed by atoms with Crippen LogP contribution in [0, 0.1) is 22.9 Å². The molecule has 0 unspecified atom stereocenters. The minimum atomic E-state index is -0.825. The van der Waals surface area contributed by atoms with Crippen LogP contribution in [0.5, 0.6) is 0 Å². The van der Waals surface area contributed by atoms with Crippen molar-refractivity contribution in [3.05, 3.63) is 50.6 Å². The normalized spacial score (nSPS) is 12.9. The molecule has 8 nitrogen and oxygen atoms in total. The molecule has 0 fully saturated rings. The van der Waals surface area contributed by atoms with Crippen LogP contribution in [0.4, 0.5) is 15.8 Å². The van der Waals surface area contributed by atoms with Gasteiger partial charge in [-0.05, 0) is 37.1 Å². The van der Waals surface area contributed by atoms with Gasteiger partial charge in [-0.1, -0.05) is 6.07 Å². The average Bonchev–Trinajstić information content (AvgIpc) is 2.92. The van der Waals surface area contributed by atoms with Gasteiger partial charge in [-0.3, -0.25) is 20.0 Å². The Hall–Kier alpha value is -2.52. The Morgan fingerprint density at radius 3 is 2.92 bits per heavy atom. The van der Waals surface area contributed by atoms with Crippen LogP contribution in [0.2, 0.25) is 0 Å². The smallest absolute Gasteiger partial charge is 0.318 e. The lowest BCUT2D eigenvalue weighted by Gasteiger charge is -2.19. The van der Waals surface area contributed by atoms with Gasteiger partial charge in [0.05, 0.1) is 10.6 Å². The summed E-state index contributed by atoms with van der Waals surface area (Å²) in [6, 6.07) is 3.18. The van der Waals surface area contributed by atoms with Crippen molar-refractivity contribution < 1.29 is 14.1 Å². The van der Waals surface area contributed by atoms with Gasteiger partial charge in [-0.25, -0.2) is 4.39 Å². The number of amides is 1. The number of carbonyl (C=O) groups is 1. The summed E-state index contributed by atoms with van der Waals surface area (Å²) in [5.74, 6) is -1.33. The number of benzene rings is 1. The largest absolute Gasteiger partial charge is 0.322 e. The summed E-state index contributed by atoms with van der Waals surface area (Å²) in [5, 5.41) is 22.5. The van der Waals surface area contributed by atoms with E-state index in [1.807, 2.05) is 0 Å². The Bertz CT molecular complexity index is 808. The van der Waals surface area contributed by atoms with E-state index in [0.717, 1.165) is 5.56 Å². The van der Waals surface area contributed by atoms with Crippen molar-refractivity contribution in [2.24, 2.45) is 0 Å². The van der Waals surface area contributed by atoms with E-state index in [2.05, 4.69) is 20.8 Å². The van der Waals surface area contributed by atoms with Crippen LogP contribution in [0.1, 0.15) is 27.3 Å². The van der Waals surface area contributed by atoms with Crippen molar-refractivity contribution >= 4 is 29.7 Å². The van der Waals surface area contributed by atoms with Crippen molar-refractivity contribution in [3.8, 4) is 0 Å². The molecule has 0 spiro atoms. The lowest BCUT2D eigenvalue weighted by Crippen LogP contribution is -2.25. The van der Waals surface area contributed by atoms with E-state index in [0.29, 0.717) is 25.1 Å². The Morgan fingerprint density at radius 2 is 2.21 bits per heavy atom. The molecule has 0 bridgehead atoms. The van der Waals surface area contributed by atoms with Crippen LogP contribution in [0.25, 0.3) is 0 Å². The van der Waals surface area contributed by atoms with E-state index < -0.39 is 22.3 Å². The predicted molar refractivity (Wildman–Crippen MR) is 87.0 cm³/mol. The number of nitrogens with one attached hydrogen (secondary N) is 3. The first-order valence-electron chi connectivity index (χ1n) is 7.00. The number of hydrogen-bond acceptors (Lipinski definition) is 5.